The molecule has 2 amide bonds. The highest BCUT2D eigenvalue weighted by atomic mass is 31.2. The zero-order chi connectivity index (χ0) is 26.7. The smallest absolute Gasteiger partial charge is 0.343 e. The maximum absolute atomic E-state index is 12.8. The van der Waals surface area contributed by atoms with Crippen LogP contribution in [0.5, 0.6) is 0 Å². The molecule has 6 N–H and O–H groups in total. The molecule has 1 fully saturated rings. The number of benzene rings is 1. The SMILES string of the molecule is Cn1c(=NC(=O)NCc2ccccc2)ccn([C@@H]2O[C@H](COP(=O)(O)CP(=O)(O)O)[C@@H](O)[C@H]2O)c1=O. The van der Waals surface area contributed by atoms with Crippen molar-refractivity contribution in [3.8, 4) is 0 Å². The van der Waals surface area contributed by atoms with Crippen molar-refractivity contribution in [1.29, 1.82) is 0 Å². The Morgan fingerprint density at radius 1 is 1.14 bits per heavy atom. The molecule has 0 bridgehead atoms. The Labute approximate surface area is 204 Å². The number of hydrogen-bond acceptors (Lipinski definition) is 8. The highest BCUT2D eigenvalue weighted by Crippen LogP contribution is 2.55. The van der Waals surface area contributed by atoms with Crippen LogP contribution < -0.4 is 16.5 Å². The minimum atomic E-state index is -4.86. The molecular weight excluding hydrogens is 522 g/mol. The first kappa shape index (κ1) is 28.1. The summed E-state index contributed by atoms with van der Waals surface area (Å²) < 4.78 is 34.8. The number of carbonyl (C=O) groups is 1. The van der Waals surface area contributed by atoms with E-state index in [2.05, 4.69) is 14.8 Å². The lowest BCUT2D eigenvalue weighted by molar-refractivity contribution is -0.0529. The first-order valence-electron chi connectivity index (χ1n) is 10.4. The average molecular weight is 548 g/mol. The van der Waals surface area contributed by atoms with Gasteiger partial charge in [-0.05, 0) is 11.6 Å². The van der Waals surface area contributed by atoms with Crippen molar-refractivity contribution in [1.82, 2.24) is 14.5 Å². The van der Waals surface area contributed by atoms with Crippen LogP contribution in [0.25, 0.3) is 0 Å². The van der Waals surface area contributed by atoms with Crippen LogP contribution in [0.4, 0.5) is 4.79 Å². The molecule has 15 nitrogen and oxygen atoms in total. The van der Waals surface area contributed by atoms with Gasteiger partial charge in [0.2, 0.25) is 0 Å². The Hall–Kier alpha value is -2.45. The van der Waals surface area contributed by atoms with Gasteiger partial charge < -0.3 is 39.5 Å². The van der Waals surface area contributed by atoms with Crippen molar-refractivity contribution < 1.29 is 48.1 Å². The molecule has 1 aromatic heterocycles. The van der Waals surface area contributed by atoms with Crippen molar-refractivity contribution >= 4 is 21.2 Å². The molecule has 1 aliphatic heterocycles. The van der Waals surface area contributed by atoms with E-state index in [1.54, 1.807) is 0 Å². The van der Waals surface area contributed by atoms with Crippen LogP contribution >= 0.6 is 15.2 Å². The molecule has 0 saturated carbocycles. The number of nitrogens with zero attached hydrogens (tertiary/aromatic N) is 3. The van der Waals surface area contributed by atoms with Gasteiger partial charge in [-0.15, -0.1) is 0 Å². The van der Waals surface area contributed by atoms with Crippen molar-refractivity contribution in [2.45, 2.75) is 31.1 Å². The third-order valence-corrected chi connectivity index (χ3v) is 8.61. The molecule has 198 valence electrons. The summed E-state index contributed by atoms with van der Waals surface area (Å²) in [5.74, 6) is -1.44. The molecule has 36 heavy (non-hydrogen) atoms. The van der Waals surface area contributed by atoms with Crippen LogP contribution in [-0.2, 0) is 32.0 Å². The standard InChI is InChI=1S/C19H26N4O11P2/c1-22-14(21-18(26)20-9-12-5-3-2-4-6-12)7-8-23(19(22)27)17-16(25)15(24)13(34-17)10-33-36(31,32)11-35(28,29)30/h2-8,13,15-17,24-25H,9-11H2,1H3,(H,20,26)(H,31,32)(H2,28,29,30)/t13-,15-,16-,17-/m1/s1. The van der Waals surface area contributed by atoms with E-state index in [1.807, 2.05) is 30.3 Å². The topological polar surface area (TPSA) is 222 Å². The van der Waals surface area contributed by atoms with Crippen molar-refractivity contribution in [3.05, 3.63) is 64.1 Å². The van der Waals surface area contributed by atoms with Crippen LogP contribution in [0.1, 0.15) is 11.8 Å². The summed E-state index contributed by atoms with van der Waals surface area (Å²) in [6.07, 6.45) is -4.97. The summed E-state index contributed by atoms with van der Waals surface area (Å²) >= 11 is 0. The van der Waals surface area contributed by atoms with E-state index in [9.17, 15) is 33.8 Å². The predicted octanol–water partition coefficient (Wildman–Crippen LogP) is -1.05. The molecule has 3 rings (SSSR count). The number of hydrogen-bond donors (Lipinski definition) is 6. The highest BCUT2D eigenvalue weighted by molar-refractivity contribution is 7.70. The third kappa shape index (κ3) is 7.29. The Bertz CT molecular complexity index is 1310. The molecular formula is C19H26N4O11P2. The van der Waals surface area contributed by atoms with Gasteiger partial charge in [-0.2, -0.15) is 4.99 Å². The van der Waals surface area contributed by atoms with Crippen LogP contribution in [-0.4, -0.2) is 70.9 Å². The second-order valence-electron chi connectivity index (χ2n) is 7.96. The maximum atomic E-state index is 12.8. The number of urea groups is 1. The van der Waals surface area contributed by atoms with Gasteiger partial charge in [-0.1, -0.05) is 30.3 Å². The summed E-state index contributed by atoms with van der Waals surface area (Å²) in [4.78, 5) is 56.1. The Kier molecular flexibility index (Phi) is 8.83. The number of carbonyl (C=O) groups excluding carboxylic acids is 1. The molecule has 17 heteroatoms. The summed E-state index contributed by atoms with van der Waals surface area (Å²) in [6.45, 7) is -0.569. The van der Waals surface area contributed by atoms with E-state index in [-0.39, 0.29) is 12.0 Å². The lowest BCUT2D eigenvalue weighted by atomic mass is 10.1. The van der Waals surface area contributed by atoms with E-state index in [1.165, 1.54) is 19.3 Å². The second-order valence-corrected chi connectivity index (χ2v) is 12.0. The minimum Gasteiger partial charge on any atom is -0.387 e. The summed E-state index contributed by atoms with van der Waals surface area (Å²) in [6, 6.07) is 9.71. The fraction of sp³-hybridized carbons (Fsp3) is 0.421. The third-order valence-electron chi connectivity index (χ3n) is 5.15. The van der Waals surface area contributed by atoms with E-state index in [0.29, 0.717) is 0 Å². The summed E-state index contributed by atoms with van der Waals surface area (Å²) in [7, 11) is -8.26. The normalized spacial score (nSPS) is 24.4. The highest BCUT2D eigenvalue weighted by Gasteiger charge is 2.45. The van der Waals surface area contributed by atoms with Gasteiger partial charge in [0.15, 0.2) is 12.1 Å². The number of ether oxygens (including phenoxy) is 1. The first-order chi connectivity index (χ1) is 16.8. The fourth-order valence-corrected chi connectivity index (χ4v) is 5.95. The largest absolute Gasteiger partial charge is 0.387 e. The molecule has 0 aliphatic carbocycles. The Morgan fingerprint density at radius 2 is 1.81 bits per heavy atom. The zero-order valence-corrected chi connectivity index (χ0v) is 20.7. The lowest BCUT2D eigenvalue weighted by Gasteiger charge is -2.19. The molecule has 1 saturated heterocycles. The lowest BCUT2D eigenvalue weighted by Crippen LogP contribution is -2.42. The molecule has 2 heterocycles. The molecule has 5 atom stereocenters. The van der Waals surface area contributed by atoms with Crippen molar-refractivity contribution in [2.75, 3.05) is 12.5 Å². The predicted molar refractivity (Wildman–Crippen MR) is 123 cm³/mol. The van der Waals surface area contributed by atoms with Crippen LogP contribution in [0.15, 0.2) is 52.4 Å². The van der Waals surface area contributed by atoms with Gasteiger partial charge >= 0.3 is 26.9 Å². The monoisotopic (exact) mass is 548 g/mol. The first-order valence-corrected chi connectivity index (χ1v) is 14.0. The maximum Gasteiger partial charge on any atom is 0.343 e. The second kappa shape index (κ2) is 11.3. The molecule has 1 aromatic carbocycles. The van der Waals surface area contributed by atoms with Gasteiger partial charge in [0.05, 0.1) is 6.61 Å². The van der Waals surface area contributed by atoms with E-state index >= 15 is 0 Å². The zero-order valence-electron chi connectivity index (χ0n) is 18.9. The van der Waals surface area contributed by atoms with Gasteiger partial charge in [0, 0.05) is 19.8 Å². The number of aliphatic hydroxyl groups is 2. The molecule has 1 unspecified atom stereocenters. The van der Waals surface area contributed by atoms with Gasteiger partial charge in [-0.3, -0.25) is 18.3 Å². The molecule has 0 radical (unpaired) electrons. The number of nitrogens with one attached hydrogen (secondary N) is 1. The summed E-state index contributed by atoms with van der Waals surface area (Å²) in [5.41, 5.74) is 0.0808. The Balaban J connectivity index is 1.71. The van der Waals surface area contributed by atoms with Crippen LogP contribution in [0, 0.1) is 0 Å². The number of aromatic nitrogens is 2. The average Bonchev–Trinajstić information content (AvgIpc) is 3.07. The fourth-order valence-electron chi connectivity index (χ4n) is 3.38. The van der Waals surface area contributed by atoms with E-state index in [0.717, 1.165) is 14.7 Å². The van der Waals surface area contributed by atoms with E-state index < -0.39 is 64.0 Å². The molecule has 0 spiro atoms. The number of amides is 2. The summed E-state index contributed by atoms with van der Waals surface area (Å²) in [5, 5.41) is 23.2. The number of rotatable bonds is 8. The van der Waals surface area contributed by atoms with Crippen molar-refractivity contribution in [2.24, 2.45) is 12.0 Å². The molecule has 1 aliphatic rings. The van der Waals surface area contributed by atoms with Crippen LogP contribution in [0.3, 0.4) is 0 Å². The Morgan fingerprint density at radius 3 is 2.44 bits per heavy atom. The van der Waals surface area contributed by atoms with Crippen molar-refractivity contribution in [3.63, 3.8) is 0 Å². The van der Waals surface area contributed by atoms with E-state index in [4.69, 9.17) is 14.5 Å². The van der Waals surface area contributed by atoms with Gasteiger partial charge in [0.25, 0.3) is 0 Å². The van der Waals surface area contributed by atoms with Gasteiger partial charge in [-0.25, -0.2) is 9.59 Å². The minimum absolute atomic E-state index is 0.00612. The quantitative estimate of drug-likeness (QED) is 0.219. The van der Waals surface area contributed by atoms with Gasteiger partial charge in [0.1, 0.15) is 23.8 Å². The van der Waals surface area contributed by atoms with Crippen LogP contribution in [0.2, 0.25) is 0 Å². The molecule has 2 aromatic rings. The number of aliphatic hydroxyl groups excluding tert-OH is 2.